The molecule has 2 N–H and O–H groups in total. The number of benzene rings is 2. The van der Waals surface area contributed by atoms with Crippen molar-refractivity contribution in [2.75, 3.05) is 11.9 Å². The number of carbonyl (C=O) groups is 3. The van der Waals surface area contributed by atoms with E-state index in [1.165, 1.54) is 18.2 Å². The van der Waals surface area contributed by atoms with E-state index in [1.54, 1.807) is 17.0 Å². The molecule has 1 aliphatic rings. The molecule has 0 aliphatic carbocycles. The van der Waals surface area contributed by atoms with Gasteiger partial charge in [0.2, 0.25) is 5.91 Å². The van der Waals surface area contributed by atoms with Crippen LogP contribution >= 0.6 is 11.6 Å². The number of carboxylic acid groups (broad SMARTS) is 1. The average Bonchev–Trinajstić information content (AvgIpc) is 2.68. The molecule has 2 aromatic rings. The lowest BCUT2D eigenvalue weighted by Gasteiger charge is -2.35. The third kappa shape index (κ3) is 4.34. The number of likely N-dealkylation sites (tertiary alicyclic amines) is 1. The summed E-state index contributed by atoms with van der Waals surface area (Å²) >= 11 is 5.95. The van der Waals surface area contributed by atoms with Gasteiger partial charge in [0, 0.05) is 17.1 Å². The van der Waals surface area contributed by atoms with Crippen molar-refractivity contribution >= 4 is 35.1 Å². The van der Waals surface area contributed by atoms with Crippen LogP contribution in [0.15, 0.2) is 42.5 Å². The van der Waals surface area contributed by atoms with Crippen molar-refractivity contribution in [3.8, 4) is 0 Å². The number of carbonyl (C=O) groups excluding carboxylic acids is 2. The smallest absolute Gasteiger partial charge is 0.337 e. The Bertz CT molecular complexity index is 911. The molecule has 0 bridgehead atoms. The van der Waals surface area contributed by atoms with Gasteiger partial charge in [-0.15, -0.1) is 0 Å². The summed E-state index contributed by atoms with van der Waals surface area (Å²) in [6.45, 7) is 2.42. The van der Waals surface area contributed by atoms with Crippen molar-refractivity contribution in [1.82, 2.24) is 4.90 Å². The van der Waals surface area contributed by atoms with Gasteiger partial charge in [0.05, 0.1) is 11.3 Å². The molecule has 2 aromatic carbocycles. The van der Waals surface area contributed by atoms with Gasteiger partial charge in [-0.05, 0) is 56.5 Å². The van der Waals surface area contributed by atoms with Crippen LogP contribution in [0, 0.1) is 6.92 Å². The predicted molar refractivity (Wildman–Crippen MR) is 107 cm³/mol. The molecule has 0 saturated carbocycles. The van der Waals surface area contributed by atoms with Gasteiger partial charge in [-0.25, -0.2) is 4.79 Å². The van der Waals surface area contributed by atoms with Crippen molar-refractivity contribution in [2.24, 2.45) is 0 Å². The maximum absolute atomic E-state index is 12.9. The van der Waals surface area contributed by atoms with Gasteiger partial charge in [0.15, 0.2) is 0 Å². The van der Waals surface area contributed by atoms with Crippen LogP contribution in [-0.4, -0.2) is 40.4 Å². The first-order valence-corrected chi connectivity index (χ1v) is 9.46. The lowest BCUT2D eigenvalue weighted by atomic mass is 9.99. The van der Waals surface area contributed by atoms with Gasteiger partial charge >= 0.3 is 5.97 Å². The SMILES string of the molecule is Cc1ccc(C(=O)N2CCCCC2C(=O)Nc2cc(Cl)ccc2C(=O)O)cc1. The Morgan fingerprint density at radius 3 is 2.50 bits per heavy atom. The highest BCUT2D eigenvalue weighted by Crippen LogP contribution is 2.25. The molecule has 146 valence electrons. The van der Waals surface area contributed by atoms with Crippen molar-refractivity contribution in [3.05, 3.63) is 64.2 Å². The van der Waals surface area contributed by atoms with Crippen LogP contribution in [0.1, 0.15) is 45.5 Å². The third-order valence-electron chi connectivity index (χ3n) is 4.83. The number of rotatable bonds is 4. The lowest BCUT2D eigenvalue weighted by Crippen LogP contribution is -2.50. The van der Waals surface area contributed by atoms with E-state index in [0.717, 1.165) is 18.4 Å². The second kappa shape index (κ2) is 8.44. The number of amides is 2. The molecule has 28 heavy (non-hydrogen) atoms. The topological polar surface area (TPSA) is 86.7 Å². The predicted octanol–water partition coefficient (Wildman–Crippen LogP) is 3.98. The van der Waals surface area contributed by atoms with Crippen molar-refractivity contribution in [1.29, 1.82) is 0 Å². The minimum atomic E-state index is -1.16. The summed E-state index contributed by atoms with van der Waals surface area (Å²) in [6.07, 6.45) is 2.16. The zero-order valence-electron chi connectivity index (χ0n) is 15.4. The molecular formula is C21H21ClN2O4. The fourth-order valence-electron chi connectivity index (χ4n) is 3.33. The van der Waals surface area contributed by atoms with Crippen LogP contribution in [0.2, 0.25) is 5.02 Å². The number of hydrogen-bond acceptors (Lipinski definition) is 3. The molecule has 7 heteroatoms. The summed E-state index contributed by atoms with van der Waals surface area (Å²) < 4.78 is 0. The second-order valence-corrected chi connectivity index (χ2v) is 7.30. The van der Waals surface area contributed by atoms with E-state index in [-0.39, 0.29) is 17.2 Å². The number of carboxylic acids is 1. The molecule has 1 heterocycles. The van der Waals surface area contributed by atoms with E-state index in [9.17, 15) is 19.5 Å². The molecule has 1 aliphatic heterocycles. The Morgan fingerprint density at radius 1 is 1.11 bits per heavy atom. The molecule has 0 spiro atoms. The number of aromatic carboxylic acids is 1. The Kier molecular flexibility index (Phi) is 5.99. The second-order valence-electron chi connectivity index (χ2n) is 6.86. The summed E-state index contributed by atoms with van der Waals surface area (Å²) in [5.41, 5.74) is 1.65. The van der Waals surface area contributed by atoms with Crippen molar-refractivity contribution in [3.63, 3.8) is 0 Å². The molecule has 1 unspecified atom stereocenters. The summed E-state index contributed by atoms with van der Waals surface area (Å²) in [6, 6.07) is 10.8. The Labute approximate surface area is 168 Å². The van der Waals surface area contributed by atoms with Crippen LogP contribution in [-0.2, 0) is 4.79 Å². The first kappa shape index (κ1) is 19.9. The number of hydrogen-bond donors (Lipinski definition) is 2. The van der Waals surface area contributed by atoms with Crippen LogP contribution < -0.4 is 5.32 Å². The lowest BCUT2D eigenvalue weighted by molar-refractivity contribution is -0.121. The van der Waals surface area contributed by atoms with Gasteiger partial charge in [-0.1, -0.05) is 29.3 Å². The molecule has 1 atom stereocenters. The zero-order chi connectivity index (χ0) is 20.3. The highest BCUT2D eigenvalue weighted by atomic mass is 35.5. The molecule has 0 radical (unpaired) electrons. The minimum Gasteiger partial charge on any atom is -0.478 e. The largest absolute Gasteiger partial charge is 0.478 e. The Hall–Kier alpha value is -2.86. The third-order valence-corrected chi connectivity index (χ3v) is 5.07. The number of nitrogens with one attached hydrogen (secondary N) is 1. The Balaban J connectivity index is 1.83. The van der Waals surface area contributed by atoms with E-state index in [1.807, 2.05) is 19.1 Å². The van der Waals surface area contributed by atoms with E-state index in [2.05, 4.69) is 5.32 Å². The summed E-state index contributed by atoms with van der Waals surface area (Å²) in [4.78, 5) is 38.8. The van der Waals surface area contributed by atoms with Crippen molar-refractivity contribution < 1.29 is 19.5 Å². The Morgan fingerprint density at radius 2 is 1.82 bits per heavy atom. The maximum atomic E-state index is 12.9. The van der Waals surface area contributed by atoms with Crippen LogP contribution in [0.5, 0.6) is 0 Å². The highest BCUT2D eigenvalue weighted by Gasteiger charge is 2.33. The number of nitrogens with zero attached hydrogens (tertiary/aromatic N) is 1. The number of halogens is 1. The van der Waals surface area contributed by atoms with Crippen LogP contribution in [0.4, 0.5) is 5.69 Å². The fourth-order valence-corrected chi connectivity index (χ4v) is 3.50. The normalized spacial score (nSPS) is 16.5. The summed E-state index contributed by atoms with van der Waals surface area (Å²) in [5.74, 6) is -1.78. The van der Waals surface area contributed by atoms with Gasteiger partial charge in [0.25, 0.3) is 5.91 Å². The van der Waals surface area contributed by atoms with E-state index in [4.69, 9.17) is 11.6 Å². The first-order valence-electron chi connectivity index (χ1n) is 9.08. The first-order chi connectivity index (χ1) is 13.4. The molecule has 6 nitrogen and oxygen atoms in total. The van der Waals surface area contributed by atoms with E-state index in [0.29, 0.717) is 23.6 Å². The van der Waals surface area contributed by atoms with Gasteiger partial charge in [0.1, 0.15) is 6.04 Å². The fraction of sp³-hybridized carbons (Fsp3) is 0.286. The average molecular weight is 401 g/mol. The molecule has 1 saturated heterocycles. The zero-order valence-corrected chi connectivity index (χ0v) is 16.2. The summed E-state index contributed by atoms with van der Waals surface area (Å²) in [5, 5.41) is 12.3. The van der Waals surface area contributed by atoms with Gasteiger partial charge in [-0.2, -0.15) is 0 Å². The quantitative estimate of drug-likeness (QED) is 0.812. The number of anilines is 1. The monoisotopic (exact) mass is 400 g/mol. The van der Waals surface area contributed by atoms with Gasteiger partial charge < -0.3 is 15.3 Å². The van der Waals surface area contributed by atoms with E-state index >= 15 is 0 Å². The molecule has 1 fully saturated rings. The van der Waals surface area contributed by atoms with Crippen molar-refractivity contribution in [2.45, 2.75) is 32.2 Å². The maximum Gasteiger partial charge on any atom is 0.337 e. The van der Waals surface area contributed by atoms with Crippen LogP contribution in [0.25, 0.3) is 0 Å². The van der Waals surface area contributed by atoms with Crippen LogP contribution in [0.3, 0.4) is 0 Å². The summed E-state index contributed by atoms with van der Waals surface area (Å²) in [7, 11) is 0. The minimum absolute atomic E-state index is 0.0510. The number of piperidine rings is 1. The molecule has 3 rings (SSSR count). The molecule has 0 aromatic heterocycles. The molecule has 2 amide bonds. The number of aryl methyl sites for hydroxylation is 1. The van der Waals surface area contributed by atoms with E-state index < -0.39 is 17.9 Å². The molecular weight excluding hydrogens is 380 g/mol. The highest BCUT2D eigenvalue weighted by molar-refractivity contribution is 6.31. The standard InChI is InChI=1S/C21H21ClN2O4/c1-13-5-7-14(8-6-13)20(26)24-11-3-2-4-18(24)19(25)23-17-12-15(22)9-10-16(17)21(27)28/h5-10,12,18H,2-4,11H2,1H3,(H,23,25)(H,27,28). The van der Waals surface area contributed by atoms with Gasteiger partial charge in [-0.3, -0.25) is 9.59 Å².